The Morgan fingerprint density at radius 1 is 0.906 bits per heavy atom. The number of sulfonamides is 1. The van der Waals surface area contributed by atoms with Crippen LogP contribution in [0.3, 0.4) is 0 Å². The van der Waals surface area contributed by atoms with Gasteiger partial charge in [-0.25, -0.2) is 8.42 Å². The molecule has 2 heterocycles. The van der Waals surface area contributed by atoms with Crippen LogP contribution in [0.15, 0.2) is 60.0 Å². The maximum absolute atomic E-state index is 12.7. The monoisotopic (exact) mass is 453 g/mol. The van der Waals surface area contributed by atoms with Gasteiger partial charge >= 0.3 is 0 Å². The van der Waals surface area contributed by atoms with E-state index in [1.54, 1.807) is 23.1 Å². The molecule has 8 heteroatoms. The number of carbonyl (C=O) groups is 2. The number of carbonyl (C=O) groups excluding carboxylic acids is 2. The van der Waals surface area contributed by atoms with E-state index in [4.69, 9.17) is 0 Å². The molecule has 0 radical (unpaired) electrons. The van der Waals surface area contributed by atoms with Crippen LogP contribution in [0.2, 0.25) is 0 Å². The number of piperazine rings is 1. The fraction of sp³-hybridized carbons (Fsp3) is 0.333. The zero-order chi connectivity index (χ0) is 22.6. The zero-order valence-corrected chi connectivity index (χ0v) is 18.7. The lowest BCUT2D eigenvalue weighted by molar-refractivity contribution is -0.117. The number of hydrogen-bond acceptors (Lipinski definition) is 5. The molecule has 0 atom stereocenters. The quantitative estimate of drug-likeness (QED) is 0.603. The molecule has 168 valence electrons. The number of Topliss-reactive ketones (excluding diaryl/α,β-unsaturated/α-hetero) is 1. The van der Waals surface area contributed by atoms with Crippen molar-refractivity contribution >= 4 is 33.5 Å². The van der Waals surface area contributed by atoms with Gasteiger partial charge in [-0.3, -0.25) is 14.5 Å². The van der Waals surface area contributed by atoms with Crippen molar-refractivity contribution in [2.75, 3.05) is 44.2 Å². The summed E-state index contributed by atoms with van der Waals surface area (Å²) >= 11 is 0. The van der Waals surface area contributed by atoms with Crippen molar-refractivity contribution in [1.82, 2.24) is 9.21 Å². The second kappa shape index (κ2) is 9.77. The van der Waals surface area contributed by atoms with Crippen molar-refractivity contribution in [2.45, 2.75) is 12.8 Å². The normalized spacial score (nSPS) is 18.5. The maximum Gasteiger partial charge on any atom is 0.236 e. The van der Waals surface area contributed by atoms with Crippen molar-refractivity contribution in [1.29, 1.82) is 0 Å². The minimum atomic E-state index is -3.49. The van der Waals surface area contributed by atoms with Gasteiger partial charge in [-0.1, -0.05) is 30.3 Å². The van der Waals surface area contributed by atoms with Gasteiger partial charge in [0.15, 0.2) is 5.78 Å². The molecule has 0 spiro atoms. The third-order valence-electron chi connectivity index (χ3n) is 5.86. The van der Waals surface area contributed by atoms with Crippen molar-refractivity contribution in [3.05, 3.63) is 71.1 Å². The molecule has 0 N–H and O–H groups in total. The molecular formula is C24H27N3O4S. The van der Waals surface area contributed by atoms with E-state index in [0.717, 1.165) is 24.2 Å². The Hall–Kier alpha value is -2.81. The van der Waals surface area contributed by atoms with Crippen LogP contribution in [0.5, 0.6) is 0 Å². The summed E-state index contributed by atoms with van der Waals surface area (Å²) < 4.78 is 26.7. The summed E-state index contributed by atoms with van der Waals surface area (Å²) in [5.74, 6) is 0.111. The molecule has 0 aromatic heterocycles. The molecule has 7 nitrogen and oxygen atoms in total. The summed E-state index contributed by atoms with van der Waals surface area (Å²) in [6.07, 6.45) is 3.04. The summed E-state index contributed by atoms with van der Waals surface area (Å²) in [5, 5.41) is 1.25. The zero-order valence-electron chi connectivity index (χ0n) is 17.9. The van der Waals surface area contributed by atoms with Gasteiger partial charge < -0.3 is 4.90 Å². The summed E-state index contributed by atoms with van der Waals surface area (Å²) in [5.41, 5.74) is 2.26. The molecule has 0 saturated carbocycles. The molecule has 0 aliphatic carbocycles. The van der Waals surface area contributed by atoms with Crippen LogP contribution in [-0.2, 0) is 14.8 Å². The molecular weight excluding hydrogens is 426 g/mol. The lowest BCUT2D eigenvalue weighted by atomic mass is 10.1. The summed E-state index contributed by atoms with van der Waals surface area (Å²) in [6.45, 7) is 2.68. The number of benzene rings is 2. The lowest BCUT2D eigenvalue weighted by Gasteiger charge is -2.32. The van der Waals surface area contributed by atoms with Gasteiger partial charge in [0.1, 0.15) is 0 Å². The van der Waals surface area contributed by atoms with E-state index < -0.39 is 10.0 Å². The Labute approximate surface area is 189 Å². The number of ketones is 1. The van der Waals surface area contributed by atoms with Crippen LogP contribution >= 0.6 is 0 Å². The molecule has 1 amide bonds. The predicted octanol–water partition coefficient (Wildman–Crippen LogP) is 2.61. The number of nitrogens with zero attached hydrogens (tertiary/aromatic N) is 3. The molecule has 32 heavy (non-hydrogen) atoms. The Morgan fingerprint density at radius 3 is 2.22 bits per heavy atom. The minimum Gasteiger partial charge on any atom is -0.312 e. The second-order valence-corrected chi connectivity index (χ2v) is 9.87. The van der Waals surface area contributed by atoms with E-state index in [0.29, 0.717) is 38.2 Å². The van der Waals surface area contributed by atoms with Gasteiger partial charge in [0, 0.05) is 55.8 Å². The van der Waals surface area contributed by atoms with Gasteiger partial charge in [-0.15, -0.1) is 0 Å². The molecule has 0 unspecified atom stereocenters. The average Bonchev–Trinajstić information content (AvgIpc) is 3.25. The molecule has 2 aromatic carbocycles. The van der Waals surface area contributed by atoms with Crippen LogP contribution in [0.1, 0.15) is 28.8 Å². The van der Waals surface area contributed by atoms with E-state index in [9.17, 15) is 18.0 Å². The Bertz CT molecular complexity index is 1090. The SMILES string of the molecule is O=C(CN1CCN(S(=O)(=O)C=Cc2ccccc2)CC1)c1ccc(N2CCCC2=O)cc1. The minimum absolute atomic E-state index is 0.00965. The third kappa shape index (κ3) is 5.32. The highest BCUT2D eigenvalue weighted by Crippen LogP contribution is 2.22. The smallest absolute Gasteiger partial charge is 0.236 e. The molecule has 2 aliphatic rings. The van der Waals surface area contributed by atoms with Crippen LogP contribution in [0.4, 0.5) is 5.69 Å². The van der Waals surface area contributed by atoms with Crippen molar-refractivity contribution in [3.63, 3.8) is 0 Å². The number of hydrogen-bond donors (Lipinski definition) is 0. The Morgan fingerprint density at radius 2 is 1.59 bits per heavy atom. The standard InChI is InChI=1S/C24H27N3O4S/c28-23(21-8-10-22(11-9-21)27-13-4-7-24(27)29)19-25-14-16-26(17-15-25)32(30,31)18-12-20-5-2-1-3-6-20/h1-3,5-6,8-12,18H,4,7,13-17,19H2. The van der Waals surface area contributed by atoms with Crippen LogP contribution in [0.25, 0.3) is 6.08 Å². The number of rotatable bonds is 7. The third-order valence-corrected chi connectivity index (χ3v) is 7.43. The first-order valence-corrected chi connectivity index (χ1v) is 12.3. The van der Waals surface area contributed by atoms with E-state index in [1.165, 1.54) is 9.71 Å². The molecule has 2 aromatic rings. The van der Waals surface area contributed by atoms with Crippen molar-refractivity contribution in [2.24, 2.45) is 0 Å². The molecule has 0 bridgehead atoms. The molecule has 4 rings (SSSR count). The second-order valence-electron chi connectivity index (χ2n) is 8.05. The van der Waals surface area contributed by atoms with E-state index in [2.05, 4.69) is 0 Å². The maximum atomic E-state index is 12.7. The molecule has 2 saturated heterocycles. The number of anilines is 1. The largest absolute Gasteiger partial charge is 0.312 e. The fourth-order valence-electron chi connectivity index (χ4n) is 4.00. The summed E-state index contributed by atoms with van der Waals surface area (Å²) in [6, 6.07) is 16.5. The predicted molar refractivity (Wildman–Crippen MR) is 125 cm³/mol. The Kier molecular flexibility index (Phi) is 6.83. The van der Waals surface area contributed by atoms with E-state index in [-0.39, 0.29) is 18.2 Å². The van der Waals surface area contributed by atoms with E-state index in [1.807, 2.05) is 47.4 Å². The first kappa shape index (κ1) is 22.4. The summed E-state index contributed by atoms with van der Waals surface area (Å²) in [7, 11) is -3.49. The van der Waals surface area contributed by atoms with Crippen molar-refractivity contribution in [3.8, 4) is 0 Å². The highest BCUT2D eigenvalue weighted by molar-refractivity contribution is 7.92. The summed E-state index contributed by atoms with van der Waals surface area (Å²) in [4.78, 5) is 28.3. The van der Waals surface area contributed by atoms with Gasteiger partial charge in [0.2, 0.25) is 15.9 Å². The van der Waals surface area contributed by atoms with Crippen LogP contribution < -0.4 is 4.90 Å². The van der Waals surface area contributed by atoms with E-state index >= 15 is 0 Å². The topological polar surface area (TPSA) is 78.0 Å². The van der Waals surface area contributed by atoms with Crippen molar-refractivity contribution < 1.29 is 18.0 Å². The van der Waals surface area contributed by atoms with Gasteiger partial charge in [-0.05, 0) is 42.3 Å². The lowest BCUT2D eigenvalue weighted by Crippen LogP contribution is -2.49. The van der Waals surface area contributed by atoms with Crippen LogP contribution in [0, 0.1) is 0 Å². The van der Waals surface area contributed by atoms with Crippen LogP contribution in [-0.4, -0.2) is 68.6 Å². The highest BCUT2D eigenvalue weighted by atomic mass is 32.2. The molecule has 2 fully saturated rings. The van der Waals surface area contributed by atoms with Gasteiger partial charge in [0.05, 0.1) is 6.54 Å². The fourth-order valence-corrected chi connectivity index (χ4v) is 5.17. The molecule has 2 aliphatic heterocycles. The number of amides is 1. The first-order valence-electron chi connectivity index (χ1n) is 10.8. The average molecular weight is 454 g/mol. The first-order chi connectivity index (χ1) is 15.4. The Balaban J connectivity index is 1.29. The highest BCUT2D eigenvalue weighted by Gasteiger charge is 2.26. The van der Waals surface area contributed by atoms with Gasteiger partial charge in [0.25, 0.3) is 0 Å². The van der Waals surface area contributed by atoms with Gasteiger partial charge in [-0.2, -0.15) is 4.31 Å².